The molecule has 0 amide bonds. The predicted octanol–water partition coefficient (Wildman–Crippen LogP) is 5.38. The number of aliphatic imine (C=N–C) groups is 1. The van der Waals surface area contributed by atoms with Gasteiger partial charge in [-0.25, -0.2) is 0 Å². The maximum Gasteiger partial charge on any atom is 0.308 e. The summed E-state index contributed by atoms with van der Waals surface area (Å²) < 4.78 is 7.61. The highest BCUT2D eigenvalue weighted by Gasteiger charge is 2.36. The number of furan rings is 1. The van der Waals surface area contributed by atoms with Crippen LogP contribution in [0.25, 0.3) is 5.00 Å². The first-order chi connectivity index (χ1) is 16.7. The van der Waals surface area contributed by atoms with E-state index in [-0.39, 0.29) is 0 Å². The Hall–Kier alpha value is -3.72. The lowest BCUT2D eigenvalue weighted by Gasteiger charge is -2.16. The SMILES string of the molecule is Cc1ccc(CNc2ccc(C3=N[C@@H](C(C)C(=O)O)c4nnc(C)n4-c4sc(C)c(C)c43)cc2)o1. The van der Waals surface area contributed by atoms with Gasteiger partial charge in [-0.05, 0) is 64.4 Å². The molecule has 2 atom stereocenters. The number of carboxylic acids is 1. The fourth-order valence-corrected chi connectivity index (χ4v) is 5.55. The van der Waals surface area contributed by atoms with Crippen molar-refractivity contribution in [2.75, 3.05) is 5.32 Å². The van der Waals surface area contributed by atoms with E-state index in [1.54, 1.807) is 18.3 Å². The van der Waals surface area contributed by atoms with Gasteiger partial charge < -0.3 is 14.8 Å². The number of carbonyl (C=O) groups is 1. The van der Waals surface area contributed by atoms with Crippen LogP contribution in [0.15, 0.2) is 45.8 Å². The second kappa shape index (κ2) is 8.81. The van der Waals surface area contributed by atoms with Crippen LogP contribution in [0.1, 0.15) is 57.7 Å². The lowest BCUT2D eigenvalue weighted by atomic mass is 9.98. The molecular weight excluding hydrogens is 462 g/mol. The molecule has 8 nitrogen and oxygen atoms in total. The molecule has 4 heterocycles. The van der Waals surface area contributed by atoms with Crippen molar-refractivity contribution in [3.63, 3.8) is 0 Å². The number of benzene rings is 1. The van der Waals surface area contributed by atoms with Crippen molar-refractivity contribution in [3.8, 4) is 5.00 Å². The largest absolute Gasteiger partial charge is 0.481 e. The van der Waals surface area contributed by atoms with Crippen LogP contribution in [-0.4, -0.2) is 31.6 Å². The van der Waals surface area contributed by atoms with Crippen LogP contribution in [0.4, 0.5) is 5.69 Å². The summed E-state index contributed by atoms with van der Waals surface area (Å²) in [7, 11) is 0. The predicted molar refractivity (Wildman–Crippen MR) is 136 cm³/mol. The van der Waals surface area contributed by atoms with Gasteiger partial charge in [-0.15, -0.1) is 21.5 Å². The third-order valence-corrected chi connectivity index (χ3v) is 7.67. The van der Waals surface area contributed by atoms with Crippen LogP contribution in [0.3, 0.4) is 0 Å². The lowest BCUT2D eigenvalue weighted by Crippen LogP contribution is -2.21. The van der Waals surface area contributed by atoms with E-state index in [9.17, 15) is 9.90 Å². The highest BCUT2D eigenvalue weighted by atomic mass is 32.1. The number of aromatic nitrogens is 3. The molecule has 0 bridgehead atoms. The van der Waals surface area contributed by atoms with Crippen molar-refractivity contribution in [2.24, 2.45) is 10.9 Å². The number of nitrogens with one attached hydrogen (secondary N) is 1. The van der Waals surface area contributed by atoms with Crippen molar-refractivity contribution in [1.29, 1.82) is 0 Å². The van der Waals surface area contributed by atoms with Gasteiger partial charge in [0.25, 0.3) is 0 Å². The van der Waals surface area contributed by atoms with Gasteiger partial charge in [-0.1, -0.05) is 12.1 Å². The number of nitrogens with zero attached hydrogens (tertiary/aromatic N) is 4. The molecule has 0 fully saturated rings. The molecule has 5 rings (SSSR count). The normalized spacial score (nSPS) is 15.7. The zero-order chi connectivity index (χ0) is 24.9. The molecule has 2 N–H and O–H groups in total. The molecule has 180 valence electrons. The molecule has 3 aromatic heterocycles. The first kappa shape index (κ1) is 23.0. The summed E-state index contributed by atoms with van der Waals surface area (Å²) >= 11 is 1.65. The molecule has 1 aliphatic rings. The third-order valence-electron chi connectivity index (χ3n) is 6.47. The number of thiophene rings is 1. The van der Waals surface area contributed by atoms with Gasteiger partial charge in [-0.3, -0.25) is 14.4 Å². The quantitative estimate of drug-likeness (QED) is 0.377. The zero-order valence-corrected chi connectivity index (χ0v) is 21.1. The summed E-state index contributed by atoms with van der Waals surface area (Å²) in [6.45, 7) is 10.2. The fraction of sp³-hybridized carbons (Fsp3) is 0.308. The smallest absolute Gasteiger partial charge is 0.308 e. The molecule has 0 radical (unpaired) electrons. The summed E-state index contributed by atoms with van der Waals surface area (Å²) in [5.41, 5.74) is 4.78. The summed E-state index contributed by atoms with van der Waals surface area (Å²) in [4.78, 5) is 18.2. The average molecular weight is 490 g/mol. The van der Waals surface area contributed by atoms with Crippen LogP contribution in [0.5, 0.6) is 0 Å². The Morgan fingerprint density at radius 3 is 2.54 bits per heavy atom. The molecule has 4 aromatic rings. The number of carboxylic acid groups (broad SMARTS) is 1. The molecule has 1 aliphatic heterocycles. The molecule has 0 saturated carbocycles. The second-order valence-corrected chi connectivity index (χ2v) is 10.1. The van der Waals surface area contributed by atoms with Crippen LogP contribution >= 0.6 is 11.3 Å². The summed E-state index contributed by atoms with van der Waals surface area (Å²) in [6.07, 6.45) is 0. The zero-order valence-electron chi connectivity index (χ0n) is 20.3. The Labute approximate surface area is 207 Å². The van der Waals surface area contributed by atoms with E-state index < -0.39 is 17.9 Å². The van der Waals surface area contributed by atoms with Gasteiger partial charge in [0.1, 0.15) is 28.4 Å². The Kier molecular flexibility index (Phi) is 5.80. The van der Waals surface area contributed by atoms with Gasteiger partial charge in [0.2, 0.25) is 0 Å². The molecule has 0 aliphatic carbocycles. The third kappa shape index (κ3) is 4.05. The number of rotatable bonds is 6. The average Bonchev–Trinajstić information content (AvgIpc) is 3.48. The maximum absolute atomic E-state index is 12.0. The van der Waals surface area contributed by atoms with Gasteiger partial charge in [0.15, 0.2) is 5.82 Å². The van der Waals surface area contributed by atoms with E-state index in [0.29, 0.717) is 18.2 Å². The minimum absolute atomic E-state index is 0.557. The Balaban J connectivity index is 1.58. The van der Waals surface area contributed by atoms with E-state index in [2.05, 4.69) is 29.4 Å². The minimum atomic E-state index is -0.920. The van der Waals surface area contributed by atoms with E-state index in [1.165, 1.54) is 4.88 Å². The van der Waals surface area contributed by atoms with Crippen LogP contribution < -0.4 is 5.32 Å². The minimum Gasteiger partial charge on any atom is -0.481 e. The van der Waals surface area contributed by atoms with E-state index in [0.717, 1.165) is 44.6 Å². The molecule has 35 heavy (non-hydrogen) atoms. The number of hydrogen-bond acceptors (Lipinski definition) is 7. The first-order valence-corrected chi connectivity index (χ1v) is 12.3. The van der Waals surface area contributed by atoms with E-state index in [1.807, 2.05) is 54.8 Å². The molecular formula is C26H27N5O3S. The Morgan fingerprint density at radius 2 is 1.89 bits per heavy atom. The fourth-order valence-electron chi connectivity index (χ4n) is 4.33. The number of anilines is 1. The molecule has 1 unspecified atom stereocenters. The summed E-state index contributed by atoms with van der Waals surface area (Å²) in [6, 6.07) is 11.3. The number of fused-ring (bicyclic) bond motifs is 3. The van der Waals surface area contributed by atoms with E-state index >= 15 is 0 Å². The second-order valence-electron chi connectivity index (χ2n) is 8.90. The van der Waals surface area contributed by atoms with Gasteiger partial charge in [0, 0.05) is 21.7 Å². The molecule has 9 heteroatoms. The van der Waals surface area contributed by atoms with Crippen molar-refractivity contribution in [1.82, 2.24) is 14.8 Å². The van der Waals surface area contributed by atoms with Crippen molar-refractivity contribution >= 4 is 28.7 Å². The number of hydrogen-bond donors (Lipinski definition) is 2. The molecule has 0 saturated heterocycles. The Morgan fingerprint density at radius 1 is 1.14 bits per heavy atom. The van der Waals surface area contributed by atoms with Crippen molar-refractivity contribution in [2.45, 2.75) is 47.2 Å². The van der Waals surface area contributed by atoms with Crippen molar-refractivity contribution < 1.29 is 14.3 Å². The standard InChI is InChI=1S/C26H27N5O3S/c1-13-6-11-20(34-13)12-27-19-9-7-18(8-10-19)23-21-14(2)16(4)35-25(21)31-17(5)29-30-24(31)22(28-23)15(3)26(32)33/h6-11,15,22,27H,12H2,1-5H3,(H,32,33)/t15?,22-/m0/s1. The lowest BCUT2D eigenvalue weighted by molar-refractivity contribution is -0.141. The van der Waals surface area contributed by atoms with Crippen LogP contribution in [0, 0.1) is 33.6 Å². The van der Waals surface area contributed by atoms with Gasteiger partial charge in [0.05, 0.1) is 18.2 Å². The summed E-state index contributed by atoms with van der Waals surface area (Å²) in [5, 5.41) is 22.8. The highest BCUT2D eigenvalue weighted by Crippen LogP contribution is 2.40. The topological polar surface area (TPSA) is 106 Å². The Bertz CT molecular complexity index is 1440. The number of aliphatic carboxylic acids is 1. The highest BCUT2D eigenvalue weighted by molar-refractivity contribution is 7.15. The molecule has 1 aromatic carbocycles. The van der Waals surface area contributed by atoms with Crippen LogP contribution in [0.2, 0.25) is 0 Å². The van der Waals surface area contributed by atoms with E-state index in [4.69, 9.17) is 9.41 Å². The van der Waals surface area contributed by atoms with Crippen molar-refractivity contribution in [3.05, 3.63) is 81.1 Å². The number of aryl methyl sites for hydroxylation is 3. The van der Waals surface area contributed by atoms with Gasteiger partial charge >= 0.3 is 5.97 Å². The monoisotopic (exact) mass is 489 g/mol. The summed E-state index contributed by atoms with van der Waals surface area (Å²) in [5.74, 6) is 1.35. The maximum atomic E-state index is 12.0. The molecule has 0 spiro atoms. The van der Waals surface area contributed by atoms with Gasteiger partial charge in [-0.2, -0.15) is 0 Å². The van der Waals surface area contributed by atoms with Crippen LogP contribution in [-0.2, 0) is 11.3 Å². The first-order valence-electron chi connectivity index (χ1n) is 11.5.